The van der Waals surface area contributed by atoms with Gasteiger partial charge >= 0.3 is 6.18 Å². The lowest BCUT2D eigenvalue weighted by molar-refractivity contribution is -0.137. The van der Waals surface area contributed by atoms with E-state index in [0.29, 0.717) is 12.1 Å². The molecule has 1 aliphatic carbocycles. The van der Waals surface area contributed by atoms with Crippen LogP contribution < -0.4 is 9.46 Å². The van der Waals surface area contributed by atoms with Crippen LogP contribution in [-0.4, -0.2) is 35.2 Å². The number of sulfonamides is 1. The van der Waals surface area contributed by atoms with E-state index < -0.39 is 82.1 Å². The molecule has 6 nitrogen and oxygen atoms in total. The molecular formula is C22H20F5NO5S2. The lowest BCUT2D eigenvalue weighted by Gasteiger charge is -2.54. The van der Waals surface area contributed by atoms with Crippen LogP contribution in [0, 0.1) is 23.5 Å². The van der Waals surface area contributed by atoms with Crippen molar-refractivity contribution in [3.8, 4) is 5.75 Å². The molecule has 0 unspecified atom stereocenters. The number of nitrogens with one attached hydrogen (secondary N) is 1. The fourth-order valence-corrected chi connectivity index (χ4v) is 9.69. The summed E-state index contributed by atoms with van der Waals surface area (Å²) in [5.74, 6) is -4.36. The van der Waals surface area contributed by atoms with Gasteiger partial charge in [-0.05, 0) is 61.6 Å². The van der Waals surface area contributed by atoms with Crippen LogP contribution in [0.15, 0.2) is 41.3 Å². The topological polar surface area (TPSA) is 89.5 Å². The summed E-state index contributed by atoms with van der Waals surface area (Å²) in [6.45, 7) is -0.323. The van der Waals surface area contributed by atoms with Crippen molar-refractivity contribution in [3.63, 3.8) is 0 Å². The average Bonchev–Trinajstić information content (AvgIpc) is 2.79. The molecule has 0 bridgehead atoms. The van der Waals surface area contributed by atoms with Crippen molar-refractivity contribution in [2.24, 2.45) is 11.8 Å². The van der Waals surface area contributed by atoms with Gasteiger partial charge in [0.25, 0.3) is 0 Å². The number of sulfone groups is 1. The Balaban J connectivity index is 1.72. The van der Waals surface area contributed by atoms with Crippen LogP contribution in [0.2, 0.25) is 0 Å². The lowest BCUT2D eigenvalue weighted by atomic mass is 9.64. The van der Waals surface area contributed by atoms with E-state index in [9.17, 15) is 34.4 Å². The number of halogens is 5. The summed E-state index contributed by atoms with van der Waals surface area (Å²) in [6.07, 6.45) is -4.89. The van der Waals surface area contributed by atoms with Gasteiger partial charge in [-0.2, -0.15) is 13.2 Å². The molecule has 1 saturated heterocycles. The molecule has 0 spiro atoms. The Morgan fingerprint density at radius 2 is 1.66 bits per heavy atom. The van der Waals surface area contributed by atoms with Crippen LogP contribution in [0.5, 0.6) is 5.75 Å². The maximum atomic E-state index is 15.3. The molecule has 2 fully saturated rings. The number of rotatable bonds is 2. The van der Waals surface area contributed by atoms with Gasteiger partial charge in [-0.1, -0.05) is 0 Å². The number of fused-ring (bicyclic) bond motifs is 5. The van der Waals surface area contributed by atoms with Gasteiger partial charge in [-0.3, -0.25) is 0 Å². The summed E-state index contributed by atoms with van der Waals surface area (Å²) >= 11 is 0. The standard InChI is InChI=1S/C22H20F5NO5S2/c23-16-5-6-17(24)20-19(16)21(35(31,32)13-3-1-12(2-4-13)22(25,26)27)9-7-18-14(15(21)11-33-20)8-10-34(29,30)28-18/h1-6,14-15,18,28H,7-11H2/t14-,15+,18+,21+/m1/s1. The molecular weight excluding hydrogens is 517 g/mol. The Hall–Kier alpha value is -2.25. The molecule has 4 atom stereocenters. The number of alkyl halides is 3. The summed E-state index contributed by atoms with van der Waals surface area (Å²) in [6, 6.07) is 3.85. The van der Waals surface area contributed by atoms with Crippen molar-refractivity contribution in [1.82, 2.24) is 4.72 Å². The molecule has 5 rings (SSSR count). The first-order chi connectivity index (χ1) is 16.3. The molecule has 2 aromatic carbocycles. The maximum absolute atomic E-state index is 15.3. The van der Waals surface area contributed by atoms with E-state index >= 15 is 4.39 Å². The Morgan fingerprint density at radius 3 is 2.31 bits per heavy atom. The highest BCUT2D eigenvalue weighted by Gasteiger charge is 2.63. The molecule has 2 heterocycles. The van der Waals surface area contributed by atoms with Crippen molar-refractivity contribution in [2.75, 3.05) is 12.4 Å². The van der Waals surface area contributed by atoms with Crippen LogP contribution in [0.25, 0.3) is 0 Å². The minimum Gasteiger partial charge on any atom is -0.490 e. The molecule has 13 heteroatoms. The summed E-state index contributed by atoms with van der Waals surface area (Å²) in [5.41, 5.74) is -1.55. The molecule has 2 aromatic rings. The zero-order chi connectivity index (χ0) is 25.4. The third-order valence-electron chi connectivity index (χ3n) is 7.37. The highest BCUT2D eigenvalue weighted by molar-refractivity contribution is 7.92. The first-order valence-electron chi connectivity index (χ1n) is 10.8. The fourth-order valence-electron chi connectivity index (χ4n) is 5.84. The number of ether oxygens (including phenoxy) is 1. The molecule has 1 saturated carbocycles. The van der Waals surface area contributed by atoms with Gasteiger partial charge in [0.05, 0.1) is 28.4 Å². The molecule has 190 valence electrons. The second-order valence-corrected chi connectivity index (χ2v) is 13.2. The van der Waals surface area contributed by atoms with Gasteiger partial charge in [0.15, 0.2) is 21.4 Å². The quantitative estimate of drug-likeness (QED) is 0.590. The van der Waals surface area contributed by atoms with E-state index in [-0.39, 0.29) is 31.6 Å². The molecule has 2 aliphatic heterocycles. The second kappa shape index (κ2) is 7.87. The van der Waals surface area contributed by atoms with E-state index in [1.54, 1.807) is 0 Å². The molecule has 0 radical (unpaired) electrons. The molecule has 0 amide bonds. The normalized spacial score (nSPS) is 29.9. The Kier molecular flexibility index (Phi) is 5.50. The van der Waals surface area contributed by atoms with Crippen LogP contribution >= 0.6 is 0 Å². The van der Waals surface area contributed by atoms with Gasteiger partial charge in [0.1, 0.15) is 10.6 Å². The molecule has 3 aliphatic rings. The third-order valence-corrected chi connectivity index (χ3v) is 11.4. The predicted molar refractivity (Wildman–Crippen MR) is 114 cm³/mol. The van der Waals surface area contributed by atoms with Crippen molar-refractivity contribution < 1.29 is 43.5 Å². The summed E-state index contributed by atoms with van der Waals surface area (Å²) < 4.78 is 128. The zero-order valence-corrected chi connectivity index (χ0v) is 19.6. The Bertz CT molecular complexity index is 1390. The molecule has 0 aromatic heterocycles. The van der Waals surface area contributed by atoms with Crippen LogP contribution in [-0.2, 0) is 30.8 Å². The molecule has 35 heavy (non-hydrogen) atoms. The van der Waals surface area contributed by atoms with Crippen molar-refractivity contribution >= 4 is 19.9 Å². The average molecular weight is 538 g/mol. The minimum atomic E-state index is -4.69. The maximum Gasteiger partial charge on any atom is 0.416 e. The van der Waals surface area contributed by atoms with E-state index in [0.717, 1.165) is 24.3 Å². The summed E-state index contributed by atoms with van der Waals surface area (Å²) in [5, 5.41) is 0. The smallest absolute Gasteiger partial charge is 0.416 e. The lowest BCUT2D eigenvalue weighted by Crippen LogP contribution is -2.62. The number of hydrogen-bond acceptors (Lipinski definition) is 5. The second-order valence-electron chi connectivity index (χ2n) is 9.10. The van der Waals surface area contributed by atoms with Crippen LogP contribution in [0.1, 0.15) is 30.4 Å². The van der Waals surface area contributed by atoms with Gasteiger partial charge in [-0.25, -0.2) is 30.3 Å². The Morgan fingerprint density at radius 1 is 1.00 bits per heavy atom. The first kappa shape index (κ1) is 24.4. The van der Waals surface area contributed by atoms with E-state index in [2.05, 4.69) is 4.72 Å². The van der Waals surface area contributed by atoms with Crippen LogP contribution in [0.3, 0.4) is 0 Å². The fraction of sp³-hybridized carbons (Fsp3) is 0.455. The Labute approximate surface area is 198 Å². The van der Waals surface area contributed by atoms with Crippen LogP contribution in [0.4, 0.5) is 22.0 Å². The summed E-state index contributed by atoms with van der Waals surface area (Å²) in [7, 11) is -8.18. The van der Waals surface area contributed by atoms with Gasteiger partial charge < -0.3 is 4.74 Å². The highest BCUT2D eigenvalue weighted by atomic mass is 32.2. The SMILES string of the molecule is O=S1(=O)CC[C@H]2[C@H](CC[C@@]3(S(=O)(=O)c4ccc(C(F)(F)F)cc4)c4c(F)ccc(F)c4OC[C@@H]23)N1. The van der Waals surface area contributed by atoms with E-state index in [1.807, 2.05) is 0 Å². The monoisotopic (exact) mass is 537 g/mol. The van der Waals surface area contributed by atoms with E-state index in [1.165, 1.54) is 0 Å². The van der Waals surface area contributed by atoms with Crippen molar-refractivity contribution in [3.05, 3.63) is 59.2 Å². The zero-order valence-electron chi connectivity index (χ0n) is 18.0. The third kappa shape index (κ3) is 3.65. The van der Waals surface area contributed by atoms with Gasteiger partial charge in [-0.15, -0.1) is 0 Å². The minimum absolute atomic E-state index is 0.00958. The largest absolute Gasteiger partial charge is 0.490 e. The van der Waals surface area contributed by atoms with Gasteiger partial charge in [0, 0.05) is 12.0 Å². The van der Waals surface area contributed by atoms with Gasteiger partial charge in [0.2, 0.25) is 10.0 Å². The van der Waals surface area contributed by atoms with Crippen molar-refractivity contribution in [2.45, 2.75) is 41.1 Å². The predicted octanol–water partition coefficient (Wildman–Crippen LogP) is 3.76. The highest BCUT2D eigenvalue weighted by Crippen LogP contribution is 2.59. The number of hydrogen-bond donors (Lipinski definition) is 1. The molecule has 1 N–H and O–H groups in total. The van der Waals surface area contributed by atoms with Crippen molar-refractivity contribution in [1.29, 1.82) is 0 Å². The number of benzene rings is 2. The van der Waals surface area contributed by atoms with E-state index in [4.69, 9.17) is 4.74 Å². The first-order valence-corrected chi connectivity index (χ1v) is 13.9. The summed E-state index contributed by atoms with van der Waals surface area (Å²) in [4.78, 5) is -0.471.